The van der Waals surface area contributed by atoms with Gasteiger partial charge in [-0.1, -0.05) is 159 Å². The normalized spacial score (nSPS) is 12.9. The average molecular weight is 811 g/mol. The lowest BCUT2D eigenvalue weighted by Gasteiger charge is -2.40. The molecule has 0 unspecified atom stereocenters. The number of esters is 3. The molecule has 9 heteroatoms. The van der Waals surface area contributed by atoms with Gasteiger partial charge in [-0.3, -0.25) is 0 Å². The highest BCUT2D eigenvalue weighted by Gasteiger charge is 2.46. The van der Waals surface area contributed by atoms with Gasteiger partial charge in [-0.05, 0) is 64.6 Å². The summed E-state index contributed by atoms with van der Waals surface area (Å²) in [4.78, 5) is 42.5. The quantitative estimate of drug-likeness (QED) is 0.0343. The Hall–Kier alpha value is -5.61. The van der Waals surface area contributed by atoms with Gasteiger partial charge in [0.15, 0.2) is 18.3 Å². The molecule has 0 aliphatic carbocycles. The maximum Gasteiger partial charge on any atom is 0.338 e. The number of carbonyl (C=O) groups is 3. The Kier molecular flexibility index (Phi) is 15.4. The van der Waals surface area contributed by atoms with Crippen LogP contribution in [0.25, 0.3) is 0 Å². The van der Waals surface area contributed by atoms with Crippen molar-refractivity contribution < 1.29 is 33.3 Å². The third-order valence-electron chi connectivity index (χ3n) is 9.40. The van der Waals surface area contributed by atoms with Gasteiger partial charge in [-0.2, -0.15) is 0 Å². The van der Waals surface area contributed by atoms with Gasteiger partial charge in [0.1, 0.15) is 5.60 Å². The van der Waals surface area contributed by atoms with Crippen LogP contribution < -0.4 is 0 Å². The van der Waals surface area contributed by atoms with Crippen molar-refractivity contribution in [2.24, 2.45) is 0 Å². The molecule has 6 rings (SSSR count). The summed E-state index contributed by atoms with van der Waals surface area (Å²) in [6.45, 7) is 3.75. The molecule has 0 bridgehead atoms. The summed E-state index contributed by atoms with van der Waals surface area (Å²) in [5.41, 5.74) is 2.16. The minimum atomic E-state index is -1.34. The molecule has 0 aliphatic rings. The molecule has 296 valence electrons. The summed E-state index contributed by atoms with van der Waals surface area (Å²) in [6, 6.07) is 55.3. The lowest BCUT2D eigenvalue weighted by molar-refractivity contribution is -0.120. The lowest BCUT2D eigenvalue weighted by Crippen LogP contribution is -2.52. The van der Waals surface area contributed by atoms with E-state index in [-0.39, 0.29) is 12.2 Å². The van der Waals surface area contributed by atoms with Crippen LogP contribution in [0.3, 0.4) is 0 Å². The number of thioether (sulfide) groups is 2. The first kappa shape index (κ1) is 42.0. The van der Waals surface area contributed by atoms with Crippen LogP contribution in [0.4, 0.5) is 0 Å². The van der Waals surface area contributed by atoms with E-state index in [1.165, 1.54) is 0 Å². The van der Waals surface area contributed by atoms with Crippen LogP contribution in [0.1, 0.15) is 61.6 Å². The second kappa shape index (κ2) is 21.2. The molecule has 6 aromatic rings. The predicted molar refractivity (Wildman–Crippen MR) is 232 cm³/mol. The van der Waals surface area contributed by atoms with Gasteiger partial charge in [-0.25, -0.2) is 14.4 Å². The van der Waals surface area contributed by atoms with Crippen LogP contribution in [0, 0.1) is 0 Å². The Balaban J connectivity index is 1.53. The molecule has 0 radical (unpaired) electrons. The standard InChI is InChI=1S/C49H46O7S2/c1-3-57-48(58-4-2)44(56-47(52)38-27-15-7-16-28-38)43(55-46(51)37-25-13-6-14-26-37)42(54-45(50)36-23-11-5-12-24-36)35-53-49(39-29-17-8-18-30-39,40-31-19-9-20-32-40)41-33-21-10-22-34-41/h5-34,42-44,48H,3-4,35H2,1-2H3/t42-,43+,44-/m1/s1. The van der Waals surface area contributed by atoms with E-state index >= 15 is 0 Å². The van der Waals surface area contributed by atoms with Crippen molar-refractivity contribution in [2.75, 3.05) is 18.1 Å². The van der Waals surface area contributed by atoms with Gasteiger partial charge in [0.2, 0.25) is 0 Å². The fraction of sp³-hybridized carbons (Fsp3) is 0.204. The first-order chi connectivity index (χ1) is 28.4. The summed E-state index contributed by atoms with van der Waals surface area (Å²) in [5.74, 6) is -0.600. The minimum Gasteiger partial charge on any atom is -0.453 e. The zero-order chi connectivity index (χ0) is 40.6. The number of hydrogen-bond acceptors (Lipinski definition) is 9. The molecule has 0 amide bonds. The summed E-state index contributed by atoms with van der Waals surface area (Å²) >= 11 is 3.12. The molecule has 6 aromatic carbocycles. The van der Waals surface area contributed by atoms with Crippen LogP contribution >= 0.6 is 23.5 Å². The SMILES string of the molecule is CCSC(SCC)[C@H](OC(=O)c1ccccc1)[C@@H](OC(=O)c1ccccc1)[C@@H](COC(c1ccccc1)(c1ccccc1)c1ccccc1)OC(=O)c1ccccc1. The minimum absolute atomic E-state index is 0.274. The third kappa shape index (κ3) is 10.5. The van der Waals surface area contributed by atoms with Crippen molar-refractivity contribution in [3.8, 4) is 0 Å². The van der Waals surface area contributed by atoms with Crippen molar-refractivity contribution >= 4 is 41.4 Å². The molecule has 0 heterocycles. The predicted octanol–water partition coefficient (Wildman–Crippen LogP) is 10.5. The highest BCUT2D eigenvalue weighted by Crippen LogP contribution is 2.41. The molecule has 3 atom stereocenters. The maximum absolute atomic E-state index is 14.2. The Bertz CT molecular complexity index is 2050. The Morgan fingerprint density at radius 1 is 0.448 bits per heavy atom. The third-order valence-corrected chi connectivity index (χ3v) is 12.1. The number of ether oxygens (including phenoxy) is 4. The van der Waals surface area contributed by atoms with E-state index in [1.807, 2.05) is 117 Å². The molecular weight excluding hydrogens is 765 g/mol. The lowest BCUT2D eigenvalue weighted by atomic mass is 9.80. The van der Waals surface area contributed by atoms with Crippen LogP contribution in [-0.2, 0) is 24.5 Å². The molecule has 58 heavy (non-hydrogen) atoms. The highest BCUT2D eigenvalue weighted by atomic mass is 32.2. The molecule has 0 aliphatic heterocycles. The van der Waals surface area contributed by atoms with Crippen molar-refractivity contribution in [1.29, 1.82) is 0 Å². The van der Waals surface area contributed by atoms with Gasteiger partial charge in [0, 0.05) is 0 Å². The summed E-state index contributed by atoms with van der Waals surface area (Å²) in [6.07, 6.45) is -3.73. The average Bonchev–Trinajstić information content (AvgIpc) is 3.29. The van der Waals surface area contributed by atoms with Gasteiger partial charge in [0.05, 0.1) is 27.9 Å². The Morgan fingerprint density at radius 3 is 1.10 bits per heavy atom. The monoisotopic (exact) mass is 810 g/mol. The number of hydrogen-bond donors (Lipinski definition) is 0. The Morgan fingerprint density at radius 2 is 0.759 bits per heavy atom. The first-order valence-electron chi connectivity index (χ1n) is 19.3. The summed E-state index contributed by atoms with van der Waals surface area (Å²) in [7, 11) is 0. The number of carbonyl (C=O) groups excluding carboxylic acids is 3. The first-order valence-corrected chi connectivity index (χ1v) is 21.4. The smallest absolute Gasteiger partial charge is 0.338 e. The van der Waals surface area contributed by atoms with E-state index in [9.17, 15) is 14.4 Å². The zero-order valence-corrected chi connectivity index (χ0v) is 34.1. The van der Waals surface area contributed by atoms with Crippen molar-refractivity contribution in [3.63, 3.8) is 0 Å². The molecule has 0 fully saturated rings. The molecule has 0 aromatic heterocycles. The molecule has 0 saturated carbocycles. The van der Waals surface area contributed by atoms with Crippen molar-refractivity contribution in [2.45, 2.75) is 42.3 Å². The summed E-state index contributed by atoms with van der Waals surface area (Å²) < 4.78 is 26.2. The van der Waals surface area contributed by atoms with E-state index in [1.54, 1.807) is 102 Å². The Labute approximate surface area is 349 Å². The van der Waals surface area contributed by atoms with Gasteiger partial charge < -0.3 is 18.9 Å². The van der Waals surface area contributed by atoms with Gasteiger partial charge in [-0.15, -0.1) is 23.5 Å². The van der Waals surface area contributed by atoms with Crippen LogP contribution in [0.2, 0.25) is 0 Å². The molecular formula is C49H46O7S2. The molecule has 0 N–H and O–H groups in total. The topological polar surface area (TPSA) is 88.1 Å². The second-order valence-corrected chi connectivity index (χ2v) is 16.3. The van der Waals surface area contributed by atoms with E-state index in [0.29, 0.717) is 22.6 Å². The van der Waals surface area contributed by atoms with Crippen LogP contribution in [-0.4, -0.2) is 58.9 Å². The number of benzene rings is 6. The van der Waals surface area contributed by atoms with Gasteiger partial charge in [0.25, 0.3) is 0 Å². The number of rotatable bonds is 19. The van der Waals surface area contributed by atoms with Gasteiger partial charge >= 0.3 is 17.9 Å². The second-order valence-electron chi connectivity index (χ2n) is 13.2. The zero-order valence-electron chi connectivity index (χ0n) is 32.4. The van der Waals surface area contributed by atoms with E-state index in [4.69, 9.17) is 18.9 Å². The van der Waals surface area contributed by atoms with Crippen molar-refractivity contribution in [3.05, 3.63) is 215 Å². The largest absolute Gasteiger partial charge is 0.453 e. The van der Waals surface area contributed by atoms with E-state index in [2.05, 4.69) is 0 Å². The highest BCUT2D eigenvalue weighted by molar-refractivity contribution is 8.17. The maximum atomic E-state index is 14.2. The molecule has 7 nitrogen and oxygen atoms in total. The van der Waals surface area contributed by atoms with E-state index < -0.39 is 46.4 Å². The molecule has 0 saturated heterocycles. The van der Waals surface area contributed by atoms with Crippen LogP contribution in [0.15, 0.2) is 182 Å². The fourth-order valence-corrected chi connectivity index (χ4v) is 9.34. The van der Waals surface area contributed by atoms with Crippen LogP contribution in [0.5, 0.6) is 0 Å². The summed E-state index contributed by atoms with van der Waals surface area (Å²) in [5, 5.41) is 0. The fourth-order valence-electron chi connectivity index (χ4n) is 6.68. The van der Waals surface area contributed by atoms with E-state index in [0.717, 1.165) is 16.7 Å². The molecule has 0 spiro atoms. The van der Waals surface area contributed by atoms with Crippen molar-refractivity contribution in [1.82, 2.24) is 0 Å².